The van der Waals surface area contributed by atoms with Crippen LogP contribution in [-0.2, 0) is 27.7 Å². The predicted octanol–water partition coefficient (Wildman–Crippen LogP) is 6.55. The fourth-order valence-corrected chi connectivity index (χ4v) is 7.20. The summed E-state index contributed by atoms with van der Waals surface area (Å²) < 4.78 is 29.0. The number of carbonyl (C=O) groups is 1. The lowest BCUT2D eigenvalue weighted by Gasteiger charge is -2.13. The van der Waals surface area contributed by atoms with Crippen LogP contribution in [0.2, 0.25) is 5.02 Å². The molecule has 1 aliphatic carbocycles. The largest absolute Gasteiger partial charge is 0.302 e. The van der Waals surface area contributed by atoms with Gasteiger partial charge in [0.1, 0.15) is 0 Å². The van der Waals surface area contributed by atoms with Gasteiger partial charge in [-0.2, -0.15) is 0 Å². The van der Waals surface area contributed by atoms with Gasteiger partial charge < -0.3 is 5.32 Å². The highest BCUT2D eigenvalue weighted by Crippen LogP contribution is 2.36. The predicted molar refractivity (Wildman–Crippen MR) is 151 cm³/mol. The van der Waals surface area contributed by atoms with Crippen LogP contribution >= 0.6 is 22.9 Å². The number of fused-ring (bicyclic) bond motifs is 2. The van der Waals surface area contributed by atoms with Crippen molar-refractivity contribution in [2.24, 2.45) is 0 Å². The minimum absolute atomic E-state index is 0.0588. The second-order valence-corrected chi connectivity index (χ2v) is 12.1. The number of sulfonamides is 1. The molecule has 1 heterocycles. The Bertz CT molecular complexity index is 1660. The molecule has 0 unspecified atom stereocenters. The van der Waals surface area contributed by atoms with E-state index in [1.54, 1.807) is 19.1 Å². The Kier molecular flexibility index (Phi) is 6.90. The summed E-state index contributed by atoms with van der Waals surface area (Å²) in [4.78, 5) is 15.5. The maximum absolute atomic E-state index is 13.1. The molecule has 0 saturated heterocycles. The number of hydrogen-bond acceptors (Lipinski definition) is 5. The number of aryl methyl sites for hydroxylation is 3. The highest BCUT2D eigenvalue weighted by molar-refractivity contribution is 7.94. The van der Waals surface area contributed by atoms with Crippen LogP contribution in [0.1, 0.15) is 40.4 Å². The summed E-state index contributed by atoms with van der Waals surface area (Å²) in [6.07, 6.45) is 3.88. The molecule has 1 amide bonds. The third-order valence-corrected chi connectivity index (χ3v) is 9.36. The van der Waals surface area contributed by atoms with Crippen molar-refractivity contribution >= 4 is 61.3 Å². The monoisotopic (exact) mass is 549 g/mol. The van der Waals surface area contributed by atoms with E-state index in [9.17, 15) is 13.2 Å². The van der Waals surface area contributed by atoms with Gasteiger partial charge in [0.2, 0.25) is 5.91 Å². The van der Waals surface area contributed by atoms with Gasteiger partial charge >= 0.3 is 0 Å². The van der Waals surface area contributed by atoms with Crippen molar-refractivity contribution in [2.45, 2.75) is 30.9 Å². The number of thiazole rings is 1. The summed E-state index contributed by atoms with van der Waals surface area (Å²) in [7, 11) is -3.90. The lowest BCUT2D eigenvalue weighted by Crippen LogP contribution is -2.12. The van der Waals surface area contributed by atoms with E-state index in [2.05, 4.69) is 39.3 Å². The molecule has 0 atom stereocenters. The van der Waals surface area contributed by atoms with E-state index in [0.29, 0.717) is 16.4 Å². The molecule has 0 aliphatic heterocycles. The van der Waals surface area contributed by atoms with Gasteiger partial charge in [0.05, 0.1) is 5.69 Å². The minimum Gasteiger partial charge on any atom is -0.302 e. The number of anilines is 2. The first-order valence-corrected chi connectivity index (χ1v) is 14.3. The number of hydrogen-bond donors (Lipinski definition) is 2. The third-order valence-electron chi connectivity index (χ3n) is 6.06. The van der Waals surface area contributed by atoms with Crippen molar-refractivity contribution in [1.82, 2.24) is 4.98 Å². The molecule has 37 heavy (non-hydrogen) atoms. The van der Waals surface area contributed by atoms with Gasteiger partial charge in [-0.3, -0.25) is 9.52 Å². The van der Waals surface area contributed by atoms with Gasteiger partial charge in [-0.1, -0.05) is 65.4 Å². The van der Waals surface area contributed by atoms with Crippen LogP contribution in [0.15, 0.2) is 70.9 Å². The lowest BCUT2D eigenvalue weighted by atomic mass is 9.92. The molecule has 188 valence electrons. The van der Waals surface area contributed by atoms with E-state index in [0.717, 1.165) is 46.4 Å². The van der Waals surface area contributed by atoms with Crippen LogP contribution in [-0.4, -0.2) is 19.3 Å². The summed E-state index contributed by atoms with van der Waals surface area (Å²) in [5.74, 6) is -0.310. The van der Waals surface area contributed by atoms with Gasteiger partial charge in [0, 0.05) is 17.6 Å². The molecule has 1 aliphatic rings. The van der Waals surface area contributed by atoms with Gasteiger partial charge in [0.15, 0.2) is 9.34 Å². The summed E-state index contributed by atoms with van der Waals surface area (Å²) in [5, 5.41) is 3.50. The number of halogens is 1. The molecule has 3 aromatic carbocycles. The molecule has 1 aromatic heterocycles. The van der Waals surface area contributed by atoms with Gasteiger partial charge in [-0.05, 0) is 83.5 Å². The Hall–Kier alpha value is -3.46. The number of rotatable bonds is 5. The van der Waals surface area contributed by atoms with Crippen LogP contribution in [0, 0.1) is 6.92 Å². The molecule has 0 bridgehead atoms. The van der Waals surface area contributed by atoms with Crippen LogP contribution in [0.5, 0.6) is 0 Å². The smallest absolute Gasteiger partial charge is 0.273 e. The zero-order chi connectivity index (χ0) is 26.2. The fraction of sp³-hybridized carbons (Fsp3) is 0.143. The maximum atomic E-state index is 13.1. The third kappa shape index (κ3) is 5.46. The van der Waals surface area contributed by atoms with Crippen molar-refractivity contribution < 1.29 is 13.2 Å². The molecule has 4 aromatic rings. The molecule has 0 radical (unpaired) electrons. The Morgan fingerprint density at radius 2 is 1.76 bits per heavy atom. The Morgan fingerprint density at radius 1 is 1.00 bits per heavy atom. The van der Waals surface area contributed by atoms with E-state index >= 15 is 0 Å². The van der Waals surface area contributed by atoms with Gasteiger partial charge in [-0.25, -0.2) is 13.4 Å². The molecule has 9 heteroatoms. The number of carbonyl (C=O) groups excluding carboxylic acids is 1. The normalized spacial score (nSPS) is 14.0. The number of benzene rings is 3. The number of nitrogens with one attached hydrogen (secondary N) is 2. The number of aromatic nitrogens is 1. The second kappa shape index (κ2) is 10.1. The highest BCUT2D eigenvalue weighted by Gasteiger charge is 2.23. The standard InChI is InChI=1S/C28H24ClN3O3S2/c1-17-27(36-28(30-17)31-18(2)33)37(34,35)32-23-8-5-6-19(14-23)15-26-24-9-4-3-7-20(24)10-11-21-16-22(29)12-13-25(21)26/h3-9,12-16,32H,10-11H2,1-2H3,(H,30,31,33)/b26-15-. The first kappa shape index (κ1) is 25.2. The Balaban J connectivity index is 1.52. The first-order chi connectivity index (χ1) is 17.7. The summed E-state index contributed by atoms with van der Waals surface area (Å²) in [6, 6.07) is 21.6. The van der Waals surface area contributed by atoms with Crippen LogP contribution < -0.4 is 10.0 Å². The van der Waals surface area contributed by atoms with Crippen molar-refractivity contribution in [3.05, 3.63) is 105 Å². The van der Waals surface area contributed by atoms with Crippen molar-refractivity contribution in [3.63, 3.8) is 0 Å². The second-order valence-electron chi connectivity index (χ2n) is 8.82. The van der Waals surface area contributed by atoms with Crippen molar-refractivity contribution in [1.29, 1.82) is 0 Å². The fourth-order valence-electron chi connectivity index (χ4n) is 4.50. The van der Waals surface area contributed by atoms with E-state index in [-0.39, 0.29) is 15.2 Å². The van der Waals surface area contributed by atoms with E-state index in [4.69, 9.17) is 11.6 Å². The zero-order valence-corrected chi connectivity index (χ0v) is 22.6. The SMILES string of the molecule is CC(=O)Nc1nc(C)c(S(=O)(=O)Nc2cccc(/C=C3/c4ccccc4CCc4cc(Cl)ccc43)c2)s1. The zero-order valence-electron chi connectivity index (χ0n) is 20.2. The summed E-state index contributed by atoms with van der Waals surface area (Å²) >= 11 is 7.23. The minimum atomic E-state index is -3.90. The van der Waals surface area contributed by atoms with Crippen LogP contribution in [0.3, 0.4) is 0 Å². The summed E-state index contributed by atoms with van der Waals surface area (Å²) in [5.41, 5.74) is 7.39. The molecular weight excluding hydrogens is 526 g/mol. The average Bonchev–Trinajstić information content (AvgIpc) is 3.14. The van der Waals surface area contributed by atoms with Crippen LogP contribution in [0.4, 0.5) is 10.8 Å². The molecule has 0 saturated carbocycles. The molecule has 5 rings (SSSR count). The van der Waals surface area contributed by atoms with Gasteiger partial charge in [-0.15, -0.1) is 0 Å². The molecular formula is C28H24ClN3O3S2. The number of nitrogens with zero attached hydrogens (tertiary/aromatic N) is 1. The topological polar surface area (TPSA) is 88.2 Å². The van der Waals surface area contributed by atoms with Crippen molar-refractivity contribution in [2.75, 3.05) is 10.0 Å². The quantitative estimate of drug-likeness (QED) is 0.295. The molecule has 6 nitrogen and oxygen atoms in total. The van der Waals surface area contributed by atoms with E-state index in [1.807, 2.05) is 36.4 Å². The molecule has 2 N–H and O–H groups in total. The average molecular weight is 550 g/mol. The molecule has 0 fully saturated rings. The molecule has 0 spiro atoms. The Morgan fingerprint density at radius 3 is 2.57 bits per heavy atom. The first-order valence-electron chi connectivity index (χ1n) is 11.7. The maximum Gasteiger partial charge on any atom is 0.273 e. The van der Waals surface area contributed by atoms with Crippen LogP contribution in [0.25, 0.3) is 11.6 Å². The van der Waals surface area contributed by atoms with E-state index in [1.165, 1.54) is 18.1 Å². The Labute approximate surface area is 225 Å². The lowest BCUT2D eigenvalue weighted by molar-refractivity contribution is -0.114. The number of amides is 1. The van der Waals surface area contributed by atoms with E-state index < -0.39 is 10.0 Å². The van der Waals surface area contributed by atoms with Crippen molar-refractivity contribution in [3.8, 4) is 0 Å². The van der Waals surface area contributed by atoms with Gasteiger partial charge in [0.25, 0.3) is 10.0 Å². The highest BCUT2D eigenvalue weighted by atomic mass is 35.5. The summed E-state index contributed by atoms with van der Waals surface area (Å²) in [6.45, 7) is 2.95.